The van der Waals surface area contributed by atoms with E-state index >= 15 is 0 Å². The van der Waals surface area contributed by atoms with Crippen molar-refractivity contribution >= 4 is 5.97 Å². The van der Waals surface area contributed by atoms with Crippen molar-refractivity contribution in [3.63, 3.8) is 0 Å². The first-order chi connectivity index (χ1) is 10.1. The van der Waals surface area contributed by atoms with E-state index in [2.05, 4.69) is 4.90 Å². The standard InChI is InChI=1S/C17H23NO3/c19-14-7-6-13-10-18(9-12-4-2-1-3-5-12)11-16(17(20)21)15(13)8-14/h6-8,12,16,19H,1-5,9-11H2,(H,20,21). The third-order valence-corrected chi connectivity index (χ3v) is 4.88. The van der Waals surface area contributed by atoms with Gasteiger partial charge in [-0.2, -0.15) is 0 Å². The SMILES string of the molecule is O=C(O)C1CN(CC2CCCCC2)Cc2ccc(O)cc21. The summed E-state index contributed by atoms with van der Waals surface area (Å²) in [5, 5.41) is 19.1. The first-order valence-corrected chi connectivity index (χ1v) is 7.90. The number of carboxylic acid groups (broad SMARTS) is 1. The molecule has 1 unspecified atom stereocenters. The van der Waals surface area contributed by atoms with Gasteiger partial charge in [0.05, 0.1) is 5.92 Å². The highest BCUT2D eigenvalue weighted by Gasteiger charge is 2.31. The van der Waals surface area contributed by atoms with Crippen LogP contribution in [0.1, 0.15) is 49.1 Å². The zero-order chi connectivity index (χ0) is 14.8. The van der Waals surface area contributed by atoms with Gasteiger partial charge in [0, 0.05) is 19.6 Å². The van der Waals surface area contributed by atoms with Crippen LogP contribution >= 0.6 is 0 Å². The molecule has 4 heteroatoms. The molecule has 1 heterocycles. The highest BCUT2D eigenvalue weighted by Crippen LogP contribution is 2.33. The highest BCUT2D eigenvalue weighted by atomic mass is 16.4. The van der Waals surface area contributed by atoms with Crippen LogP contribution in [-0.4, -0.2) is 34.2 Å². The van der Waals surface area contributed by atoms with Gasteiger partial charge < -0.3 is 10.2 Å². The molecule has 3 rings (SSSR count). The number of phenolic OH excluding ortho intramolecular Hbond substituents is 1. The topological polar surface area (TPSA) is 60.8 Å². The molecule has 114 valence electrons. The van der Waals surface area contributed by atoms with Crippen molar-refractivity contribution in [2.45, 2.75) is 44.6 Å². The van der Waals surface area contributed by atoms with Gasteiger partial charge in [-0.3, -0.25) is 9.69 Å². The highest BCUT2D eigenvalue weighted by molar-refractivity contribution is 5.77. The number of nitrogens with zero attached hydrogens (tertiary/aromatic N) is 1. The van der Waals surface area contributed by atoms with Crippen LogP contribution < -0.4 is 0 Å². The van der Waals surface area contributed by atoms with Gasteiger partial charge >= 0.3 is 5.97 Å². The molecule has 0 radical (unpaired) electrons. The van der Waals surface area contributed by atoms with Crippen LogP contribution in [0.4, 0.5) is 0 Å². The van der Waals surface area contributed by atoms with Gasteiger partial charge in [0.15, 0.2) is 0 Å². The Labute approximate surface area is 125 Å². The molecule has 1 aromatic carbocycles. The predicted octanol–water partition coefficient (Wildman–Crippen LogP) is 2.96. The molecule has 0 bridgehead atoms. The van der Waals surface area contributed by atoms with E-state index in [9.17, 15) is 15.0 Å². The van der Waals surface area contributed by atoms with Crippen LogP contribution in [0.3, 0.4) is 0 Å². The van der Waals surface area contributed by atoms with Gasteiger partial charge in [-0.15, -0.1) is 0 Å². The second-order valence-corrected chi connectivity index (χ2v) is 6.47. The first-order valence-electron chi connectivity index (χ1n) is 7.90. The Hall–Kier alpha value is -1.55. The van der Waals surface area contributed by atoms with Crippen molar-refractivity contribution in [3.8, 4) is 5.75 Å². The van der Waals surface area contributed by atoms with Gasteiger partial charge in [0.1, 0.15) is 5.75 Å². The summed E-state index contributed by atoms with van der Waals surface area (Å²) < 4.78 is 0. The lowest BCUT2D eigenvalue weighted by molar-refractivity contribution is -0.139. The maximum absolute atomic E-state index is 11.6. The minimum atomic E-state index is -0.796. The fourth-order valence-corrected chi connectivity index (χ4v) is 3.80. The van der Waals surface area contributed by atoms with Crippen molar-refractivity contribution in [2.75, 3.05) is 13.1 Å². The number of fused-ring (bicyclic) bond motifs is 1. The molecule has 2 aliphatic rings. The molecule has 1 fully saturated rings. The Kier molecular flexibility index (Phi) is 4.15. The molecular formula is C17H23NO3. The lowest BCUT2D eigenvalue weighted by Gasteiger charge is -2.36. The smallest absolute Gasteiger partial charge is 0.312 e. The summed E-state index contributed by atoms with van der Waals surface area (Å²) in [6.45, 7) is 2.36. The minimum Gasteiger partial charge on any atom is -0.508 e. The fraction of sp³-hybridized carbons (Fsp3) is 0.588. The molecule has 1 aliphatic heterocycles. The van der Waals surface area contributed by atoms with Gasteiger partial charge in [0.2, 0.25) is 0 Å². The summed E-state index contributed by atoms with van der Waals surface area (Å²) in [6, 6.07) is 5.14. The Bertz CT molecular complexity index is 523. The monoisotopic (exact) mass is 289 g/mol. The molecule has 0 spiro atoms. The van der Waals surface area contributed by atoms with Crippen LogP contribution in [0.15, 0.2) is 18.2 Å². The number of hydrogen-bond acceptors (Lipinski definition) is 3. The third kappa shape index (κ3) is 3.21. The maximum atomic E-state index is 11.6. The van der Waals surface area contributed by atoms with Gasteiger partial charge in [-0.1, -0.05) is 25.3 Å². The van der Waals surface area contributed by atoms with Crippen molar-refractivity contribution < 1.29 is 15.0 Å². The van der Waals surface area contributed by atoms with Crippen LogP contribution in [0.2, 0.25) is 0 Å². The van der Waals surface area contributed by atoms with E-state index < -0.39 is 11.9 Å². The van der Waals surface area contributed by atoms with E-state index in [1.807, 2.05) is 6.07 Å². The average Bonchev–Trinajstić information content (AvgIpc) is 2.48. The number of rotatable bonds is 3. The van der Waals surface area contributed by atoms with Crippen molar-refractivity contribution in [2.24, 2.45) is 5.92 Å². The van der Waals surface area contributed by atoms with Gasteiger partial charge in [-0.05, 0) is 42.0 Å². The maximum Gasteiger partial charge on any atom is 0.312 e. The van der Waals surface area contributed by atoms with Gasteiger partial charge in [-0.25, -0.2) is 0 Å². The Balaban J connectivity index is 1.77. The largest absolute Gasteiger partial charge is 0.508 e. The summed E-state index contributed by atoms with van der Waals surface area (Å²) in [4.78, 5) is 13.8. The number of phenols is 1. The van der Waals surface area contributed by atoms with Crippen LogP contribution in [-0.2, 0) is 11.3 Å². The molecule has 2 N–H and O–H groups in total. The first kappa shape index (κ1) is 14.4. The van der Waals surface area contributed by atoms with Crippen molar-refractivity contribution in [1.82, 2.24) is 4.90 Å². The van der Waals surface area contributed by atoms with E-state index in [1.54, 1.807) is 12.1 Å². The molecular weight excluding hydrogens is 266 g/mol. The van der Waals surface area contributed by atoms with Crippen molar-refractivity contribution in [1.29, 1.82) is 0 Å². The molecule has 0 aromatic heterocycles. The zero-order valence-corrected chi connectivity index (χ0v) is 12.3. The van der Waals surface area contributed by atoms with Gasteiger partial charge in [0.25, 0.3) is 0 Å². The molecule has 1 atom stereocenters. The van der Waals surface area contributed by atoms with E-state index in [4.69, 9.17) is 0 Å². The second kappa shape index (κ2) is 6.06. The van der Waals surface area contributed by atoms with Crippen LogP contribution in [0.5, 0.6) is 5.75 Å². The van der Waals surface area contributed by atoms with Crippen LogP contribution in [0.25, 0.3) is 0 Å². The summed E-state index contributed by atoms with van der Waals surface area (Å²) in [6.07, 6.45) is 6.51. The summed E-state index contributed by atoms with van der Waals surface area (Å²) in [5.74, 6) is -0.452. The number of aliphatic carboxylic acids is 1. The van der Waals surface area contributed by atoms with E-state index in [0.29, 0.717) is 12.5 Å². The average molecular weight is 289 g/mol. The number of carbonyl (C=O) groups is 1. The zero-order valence-electron chi connectivity index (χ0n) is 12.3. The quantitative estimate of drug-likeness (QED) is 0.898. The van der Waals surface area contributed by atoms with Crippen molar-refractivity contribution in [3.05, 3.63) is 29.3 Å². The fourth-order valence-electron chi connectivity index (χ4n) is 3.80. The predicted molar refractivity (Wildman–Crippen MR) is 80.3 cm³/mol. The number of benzene rings is 1. The second-order valence-electron chi connectivity index (χ2n) is 6.47. The molecule has 1 saturated carbocycles. The third-order valence-electron chi connectivity index (χ3n) is 4.88. The number of hydrogen-bond donors (Lipinski definition) is 2. The van der Waals surface area contributed by atoms with E-state index in [0.717, 1.165) is 24.2 Å². The molecule has 0 saturated heterocycles. The van der Waals surface area contributed by atoms with E-state index in [1.165, 1.54) is 32.1 Å². The van der Waals surface area contributed by atoms with Crippen LogP contribution in [0, 0.1) is 5.92 Å². The van der Waals surface area contributed by atoms with E-state index in [-0.39, 0.29) is 5.75 Å². The molecule has 1 aromatic rings. The molecule has 0 amide bonds. The molecule has 21 heavy (non-hydrogen) atoms. The Morgan fingerprint density at radius 3 is 2.71 bits per heavy atom. The summed E-state index contributed by atoms with van der Waals surface area (Å²) in [7, 11) is 0. The minimum absolute atomic E-state index is 0.153. The Morgan fingerprint density at radius 1 is 1.24 bits per heavy atom. The molecule has 1 aliphatic carbocycles. The number of aromatic hydroxyl groups is 1. The lowest BCUT2D eigenvalue weighted by atomic mass is 9.86. The summed E-state index contributed by atoms with van der Waals surface area (Å²) >= 11 is 0. The number of carboxylic acids is 1. The summed E-state index contributed by atoms with van der Waals surface area (Å²) in [5.41, 5.74) is 1.82. The Morgan fingerprint density at radius 2 is 2.00 bits per heavy atom. The lowest BCUT2D eigenvalue weighted by Crippen LogP contribution is -2.39. The normalized spacial score (nSPS) is 23.7. The molecule has 4 nitrogen and oxygen atoms in total.